The Morgan fingerprint density at radius 2 is 2.00 bits per heavy atom. The minimum absolute atomic E-state index is 0.0916. The predicted octanol–water partition coefficient (Wildman–Crippen LogP) is 5.36. The molecule has 0 spiro atoms. The van der Waals surface area contributed by atoms with E-state index in [2.05, 4.69) is 4.99 Å². The molecule has 0 atom stereocenters. The van der Waals surface area contributed by atoms with Crippen LogP contribution in [0.1, 0.15) is 18.9 Å². The molecule has 1 amide bonds. The molecule has 3 rings (SSSR count). The van der Waals surface area contributed by atoms with Gasteiger partial charge in [-0.25, -0.2) is 4.99 Å². The third-order valence-corrected chi connectivity index (χ3v) is 5.00. The Labute approximate surface area is 162 Å². The topological polar surface area (TPSA) is 41.9 Å². The number of rotatable bonds is 5. The van der Waals surface area contributed by atoms with Crippen molar-refractivity contribution in [3.63, 3.8) is 0 Å². The lowest BCUT2D eigenvalue weighted by atomic mass is 10.2. The SMILES string of the molecule is CCCOc1ccc(Cl)cc1/C=C1/SC(=Nc2ccccc2)N(C)C1=O. The molecule has 0 aliphatic carbocycles. The molecule has 0 aromatic heterocycles. The number of benzene rings is 2. The summed E-state index contributed by atoms with van der Waals surface area (Å²) >= 11 is 7.47. The van der Waals surface area contributed by atoms with Crippen LogP contribution in [0.3, 0.4) is 0 Å². The third-order valence-electron chi connectivity index (χ3n) is 3.70. The van der Waals surface area contributed by atoms with Gasteiger partial charge < -0.3 is 4.74 Å². The number of amides is 1. The van der Waals surface area contributed by atoms with E-state index in [1.165, 1.54) is 11.8 Å². The summed E-state index contributed by atoms with van der Waals surface area (Å²) in [6.07, 6.45) is 2.72. The zero-order chi connectivity index (χ0) is 18.5. The normalized spacial score (nSPS) is 17.3. The standard InChI is InChI=1S/C20H19ClN2O2S/c1-3-11-25-17-10-9-15(21)12-14(17)13-18-19(24)23(2)20(26-18)22-16-7-5-4-6-8-16/h4-10,12-13H,3,11H2,1-2H3/b18-13+,22-20?. The van der Waals surface area contributed by atoms with Gasteiger partial charge in [0.15, 0.2) is 5.17 Å². The molecule has 1 saturated heterocycles. The number of ether oxygens (including phenoxy) is 1. The second-order valence-corrected chi connectivity index (χ2v) is 7.18. The maximum absolute atomic E-state index is 12.6. The van der Waals surface area contributed by atoms with Crippen molar-refractivity contribution in [3.8, 4) is 5.75 Å². The molecule has 1 aliphatic rings. The van der Waals surface area contributed by atoms with Crippen LogP contribution in [0.5, 0.6) is 5.75 Å². The van der Waals surface area contributed by atoms with Gasteiger partial charge in [0.2, 0.25) is 0 Å². The van der Waals surface area contributed by atoms with Crippen LogP contribution < -0.4 is 4.74 Å². The minimum atomic E-state index is -0.0916. The lowest BCUT2D eigenvalue weighted by Crippen LogP contribution is -2.23. The number of hydrogen-bond acceptors (Lipinski definition) is 4. The molecule has 6 heteroatoms. The third kappa shape index (κ3) is 4.29. The quantitative estimate of drug-likeness (QED) is 0.649. The van der Waals surface area contributed by atoms with E-state index >= 15 is 0 Å². The van der Waals surface area contributed by atoms with E-state index in [1.54, 1.807) is 24.1 Å². The van der Waals surface area contributed by atoms with Gasteiger partial charge in [-0.05, 0) is 54.6 Å². The van der Waals surface area contributed by atoms with Crippen molar-refractivity contribution in [1.82, 2.24) is 4.90 Å². The minimum Gasteiger partial charge on any atom is -0.493 e. The van der Waals surface area contributed by atoms with E-state index in [1.807, 2.05) is 49.4 Å². The van der Waals surface area contributed by atoms with Gasteiger partial charge in [0, 0.05) is 17.6 Å². The van der Waals surface area contributed by atoms with Crippen LogP contribution in [-0.2, 0) is 4.79 Å². The van der Waals surface area contributed by atoms with E-state index < -0.39 is 0 Å². The molecule has 0 unspecified atom stereocenters. The molecule has 1 fully saturated rings. The number of para-hydroxylation sites is 1. The van der Waals surface area contributed by atoms with Gasteiger partial charge in [0.25, 0.3) is 5.91 Å². The number of carbonyl (C=O) groups excluding carboxylic acids is 1. The Hall–Kier alpha value is -2.24. The number of carbonyl (C=O) groups is 1. The summed E-state index contributed by atoms with van der Waals surface area (Å²) in [5.74, 6) is 0.624. The van der Waals surface area contributed by atoms with Crippen LogP contribution >= 0.6 is 23.4 Å². The molecule has 0 saturated carbocycles. The highest BCUT2D eigenvalue weighted by Gasteiger charge is 2.30. The van der Waals surface area contributed by atoms with E-state index in [-0.39, 0.29) is 5.91 Å². The van der Waals surface area contributed by atoms with E-state index in [0.717, 1.165) is 17.7 Å². The van der Waals surface area contributed by atoms with Gasteiger partial charge in [0.05, 0.1) is 17.2 Å². The Morgan fingerprint density at radius 3 is 2.73 bits per heavy atom. The summed E-state index contributed by atoms with van der Waals surface area (Å²) in [6, 6.07) is 15.0. The Morgan fingerprint density at radius 1 is 1.23 bits per heavy atom. The van der Waals surface area contributed by atoms with Crippen molar-refractivity contribution in [3.05, 3.63) is 64.0 Å². The van der Waals surface area contributed by atoms with Gasteiger partial charge in [-0.1, -0.05) is 36.7 Å². The highest BCUT2D eigenvalue weighted by atomic mass is 35.5. The van der Waals surface area contributed by atoms with Gasteiger partial charge >= 0.3 is 0 Å². The molecule has 1 aliphatic heterocycles. The van der Waals surface area contributed by atoms with Gasteiger partial charge in [-0.2, -0.15) is 0 Å². The first-order valence-corrected chi connectivity index (χ1v) is 9.51. The average Bonchev–Trinajstić information content (AvgIpc) is 2.90. The van der Waals surface area contributed by atoms with Crippen LogP contribution in [0.25, 0.3) is 6.08 Å². The summed E-state index contributed by atoms with van der Waals surface area (Å²) in [6.45, 7) is 2.66. The Bertz CT molecular complexity index is 865. The number of likely N-dealkylation sites (N-methyl/N-ethyl adjacent to an activating group) is 1. The molecule has 26 heavy (non-hydrogen) atoms. The van der Waals surface area contributed by atoms with E-state index in [0.29, 0.717) is 27.5 Å². The number of halogens is 1. The highest BCUT2D eigenvalue weighted by molar-refractivity contribution is 8.18. The van der Waals surface area contributed by atoms with Crippen molar-refractivity contribution in [2.45, 2.75) is 13.3 Å². The molecule has 2 aromatic rings. The van der Waals surface area contributed by atoms with Gasteiger partial charge in [-0.3, -0.25) is 9.69 Å². The second-order valence-electron chi connectivity index (χ2n) is 5.74. The smallest absolute Gasteiger partial charge is 0.266 e. The van der Waals surface area contributed by atoms with E-state index in [4.69, 9.17) is 16.3 Å². The van der Waals surface area contributed by atoms with E-state index in [9.17, 15) is 4.79 Å². The van der Waals surface area contributed by atoms with Crippen LogP contribution in [0.15, 0.2) is 58.4 Å². The first kappa shape index (κ1) is 18.5. The fraction of sp³-hybridized carbons (Fsp3) is 0.200. The lowest BCUT2D eigenvalue weighted by molar-refractivity contribution is -0.121. The average molecular weight is 387 g/mol. The van der Waals surface area contributed by atoms with Gasteiger partial charge in [-0.15, -0.1) is 0 Å². The van der Waals surface area contributed by atoms with Crippen LogP contribution in [-0.4, -0.2) is 29.6 Å². The molecular weight excluding hydrogens is 368 g/mol. The molecular formula is C20H19ClN2O2S. The van der Waals surface area contributed by atoms with Crippen molar-refractivity contribution < 1.29 is 9.53 Å². The number of hydrogen-bond donors (Lipinski definition) is 0. The van der Waals surface area contributed by atoms with Crippen molar-refractivity contribution in [1.29, 1.82) is 0 Å². The zero-order valence-corrected chi connectivity index (χ0v) is 16.2. The molecule has 0 bridgehead atoms. The number of thioether (sulfide) groups is 1. The van der Waals surface area contributed by atoms with Gasteiger partial charge in [0.1, 0.15) is 5.75 Å². The zero-order valence-electron chi connectivity index (χ0n) is 14.6. The maximum atomic E-state index is 12.6. The fourth-order valence-corrected chi connectivity index (χ4v) is 3.54. The molecule has 0 N–H and O–H groups in total. The van der Waals surface area contributed by atoms with Crippen molar-refractivity contribution >= 4 is 46.2 Å². The van der Waals surface area contributed by atoms with Crippen LogP contribution in [0.4, 0.5) is 5.69 Å². The second kappa shape index (κ2) is 8.43. The van der Waals surface area contributed by atoms with Crippen LogP contribution in [0, 0.1) is 0 Å². The summed E-state index contributed by atoms with van der Waals surface area (Å²) < 4.78 is 5.77. The molecule has 0 radical (unpaired) electrons. The summed E-state index contributed by atoms with van der Waals surface area (Å²) in [5.41, 5.74) is 1.60. The largest absolute Gasteiger partial charge is 0.493 e. The summed E-state index contributed by atoms with van der Waals surface area (Å²) in [4.78, 5) is 19.3. The first-order chi connectivity index (χ1) is 12.6. The molecule has 2 aromatic carbocycles. The molecule has 1 heterocycles. The molecule has 134 valence electrons. The van der Waals surface area contributed by atoms with Crippen molar-refractivity contribution in [2.24, 2.45) is 4.99 Å². The number of amidine groups is 1. The summed E-state index contributed by atoms with van der Waals surface area (Å²) in [5, 5.41) is 1.24. The van der Waals surface area contributed by atoms with Crippen LogP contribution in [0.2, 0.25) is 5.02 Å². The fourth-order valence-electron chi connectivity index (χ4n) is 2.38. The predicted molar refractivity (Wildman–Crippen MR) is 109 cm³/mol. The maximum Gasteiger partial charge on any atom is 0.266 e. The Kier molecular flexibility index (Phi) is 6.01. The lowest BCUT2D eigenvalue weighted by Gasteiger charge is -2.09. The molecule has 4 nitrogen and oxygen atoms in total. The summed E-state index contributed by atoms with van der Waals surface area (Å²) in [7, 11) is 1.73. The number of aliphatic imine (C=N–C) groups is 1. The monoisotopic (exact) mass is 386 g/mol. The number of nitrogens with zero attached hydrogens (tertiary/aromatic N) is 2. The van der Waals surface area contributed by atoms with Crippen molar-refractivity contribution in [2.75, 3.05) is 13.7 Å². The Balaban J connectivity index is 1.91. The highest BCUT2D eigenvalue weighted by Crippen LogP contribution is 2.35. The first-order valence-electron chi connectivity index (χ1n) is 8.32.